The van der Waals surface area contributed by atoms with Gasteiger partial charge in [0.15, 0.2) is 0 Å². The molecule has 4 heteroatoms. The monoisotopic (exact) mass is 576 g/mol. The van der Waals surface area contributed by atoms with Crippen LogP contribution in [-0.4, -0.2) is 23.9 Å². The van der Waals surface area contributed by atoms with E-state index in [2.05, 4.69) is 74.8 Å². The number of allylic oxidation sites excluding steroid dienone is 4. The summed E-state index contributed by atoms with van der Waals surface area (Å²) in [6.07, 6.45) is 9.87. The minimum Gasteiger partial charge on any atom is -0.353 e. The fourth-order valence-electron chi connectivity index (χ4n) is 7.26. The lowest BCUT2D eigenvalue weighted by Crippen LogP contribution is -2.56. The molecule has 0 radical (unpaired) electrons. The van der Waals surface area contributed by atoms with Crippen molar-refractivity contribution in [3.8, 4) is 0 Å². The molecule has 3 aromatic carbocycles. The van der Waals surface area contributed by atoms with Crippen LogP contribution >= 0.6 is 0 Å². The van der Waals surface area contributed by atoms with E-state index < -0.39 is 10.8 Å². The van der Waals surface area contributed by atoms with Crippen LogP contribution in [0.4, 0.5) is 0 Å². The van der Waals surface area contributed by atoms with Crippen LogP contribution in [-0.2, 0) is 20.4 Å². The summed E-state index contributed by atoms with van der Waals surface area (Å²) in [4.78, 5) is 28.7. The largest absolute Gasteiger partial charge is 0.353 e. The molecule has 3 aromatic rings. The Hall–Kier alpha value is -3.92. The standard InChI is InChI=1S/C39H48N2O2/c1-28(2)38(32-19-11-7-12-20-32,33-21-13-8-14-22-33)36(42)40-30(5)27-31(6)41-37(43)39(29(3)4,34-23-15-9-16-24-34)35-25-17-10-18-26-35/h7-25,28-31,35H,26-27H2,1-6H3,(H,40,42)(H,41,43). The van der Waals surface area contributed by atoms with E-state index >= 15 is 0 Å². The van der Waals surface area contributed by atoms with E-state index in [-0.39, 0.29) is 41.7 Å². The highest BCUT2D eigenvalue weighted by Gasteiger charge is 2.49. The van der Waals surface area contributed by atoms with E-state index in [1.165, 1.54) is 0 Å². The Bertz CT molecular complexity index is 1360. The Balaban J connectivity index is 1.57. The van der Waals surface area contributed by atoms with Crippen LogP contribution in [0.25, 0.3) is 0 Å². The van der Waals surface area contributed by atoms with Crippen molar-refractivity contribution in [2.24, 2.45) is 17.8 Å². The molecular weight excluding hydrogens is 528 g/mol. The van der Waals surface area contributed by atoms with Crippen molar-refractivity contribution in [3.63, 3.8) is 0 Å². The Morgan fingerprint density at radius 2 is 1.12 bits per heavy atom. The summed E-state index contributed by atoms with van der Waals surface area (Å²) >= 11 is 0. The molecule has 0 saturated heterocycles. The topological polar surface area (TPSA) is 58.2 Å². The summed E-state index contributed by atoms with van der Waals surface area (Å²) in [5.41, 5.74) is 1.43. The number of benzene rings is 3. The first kappa shape index (κ1) is 32.0. The summed E-state index contributed by atoms with van der Waals surface area (Å²) in [7, 11) is 0. The molecule has 0 aromatic heterocycles. The Labute approximate surface area is 258 Å². The lowest BCUT2D eigenvalue weighted by Gasteiger charge is -2.43. The van der Waals surface area contributed by atoms with E-state index in [1.54, 1.807) is 0 Å². The van der Waals surface area contributed by atoms with Crippen molar-refractivity contribution in [2.75, 3.05) is 0 Å². The second-order valence-corrected chi connectivity index (χ2v) is 12.7. The van der Waals surface area contributed by atoms with Crippen LogP contribution in [0.2, 0.25) is 0 Å². The molecule has 0 saturated carbocycles. The van der Waals surface area contributed by atoms with Crippen LogP contribution in [0.3, 0.4) is 0 Å². The molecule has 43 heavy (non-hydrogen) atoms. The summed E-state index contributed by atoms with van der Waals surface area (Å²) in [6.45, 7) is 12.6. The van der Waals surface area contributed by atoms with Gasteiger partial charge in [-0.05, 0) is 61.1 Å². The second-order valence-electron chi connectivity index (χ2n) is 12.7. The minimum absolute atomic E-state index is 0.0109. The van der Waals surface area contributed by atoms with Crippen molar-refractivity contribution in [2.45, 2.75) is 77.3 Å². The van der Waals surface area contributed by atoms with Gasteiger partial charge in [-0.25, -0.2) is 0 Å². The molecule has 0 aliphatic heterocycles. The molecule has 4 nitrogen and oxygen atoms in total. The van der Waals surface area contributed by atoms with E-state index in [0.29, 0.717) is 6.42 Å². The molecule has 0 heterocycles. The maximum Gasteiger partial charge on any atom is 0.235 e. The zero-order chi connectivity index (χ0) is 31.0. The van der Waals surface area contributed by atoms with Crippen molar-refractivity contribution in [1.82, 2.24) is 10.6 Å². The first-order valence-electron chi connectivity index (χ1n) is 15.8. The molecule has 2 N–H and O–H groups in total. The predicted molar refractivity (Wildman–Crippen MR) is 178 cm³/mol. The molecule has 226 valence electrons. The van der Waals surface area contributed by atoms with Gasteiger partial charge >= 0.3 is 0 Å². The maximum atomic E-state index is 14.4. The third-order valence-electron chi connectivity index (χ3n) is 9.25. The molecule has 4 atom stereocenters. The molecule has 0 spiro atoms. The van der Waals surface area contributed by atoms with Crippen LogP contribution in [0, 0.1) is 17.8 Å². The first-order valence-corrected chi connectivity index (χ1v) is 15.8. The predicted octanol–water partition coefficient (Wildman–Crippen LogP) is 7.75. The highest BCUT2D eigenvalue weighted by molar-refractivity contribution is 5.93. The van der Waals surface area contributed by atoms with Crippen LogP contribution < -0.4 is 10.6 Å². The number of hydrogen-bond donors (Lipinski definition) is 2. The molecule has 4 rings (SSSR count). The third-order valence-corrected chi connectivity index (χ3v) is 9.25. The van der Waals surface area contributed by atoms with Gasteiger partial charge in [0.1, 0.15) is 5.41 Å². The van der Waals surface area contributed by atoms with E-state index in [0.717, 1.165) is 23.1 Å². The number of nitrogens with one attached hydrogen (secondary N) is 2. The lowest BCUT2D eigenvalue weighted by atomic mass is 9.61. The molecule has 0 fully saturated rings. The van der Waals surface area contributed by atoms with Gasteiger partial charge in [0, 0.05) is 12.1 Å². The maximum absolute atomic E-state index is 14.4. The summed E-state index contributed by atoms with van der Waals surface area (Å²) in [6, 6.07) is 30.0. The highest BCUT2D eigenvalue weighted by atomic mass is 16.2. The SMILES string of the molecule is CC(CC(C)NC(=O)C(c1ccccc1)(C(C)C)C1C=CC=CC1)NC(=O)C(c1ccccc1)(c1ccccc1)C(C)C. The molecule has 4 unspecified atom stereocenters. The van der Waals surface area contributed by atoms with Gasteiger partial charge in [-0.1, -0.05) is 143 Å². The van der Waals surface area contributed by atoms with Gasteiger partial charge in [-0.2, -0.15) is 0 Å². The zero-order valence-corrected chi connectivity index (χ0v) is 26.6. The van der Waals surface area contributed by atoms with Crippen molar-refractivity contribution >= 4 is 11.8 Å². The van der Waals surface area contributed by atoms with Gasteiger partial charge in [-0.15, -0.1) is 0 Å². The molecule has 1 aliphatic rings. The molecule has 2 amide bonds. The summed E-state index contributed by atoms with van der Waals surface area (Å²) in [5.74, 6) is 0.147. The fraction of sp³-hybridized carbons (Fsp3) is 0.385. The van der Waals surface area contributed by atoms with Gasteiger partial charge in [0.2, 0.25) is 11.8 Å². The second kappa shape index (κ2) is 14.0. The van der Waals surface area contributed by atoms with Crippen molar-refractivity contribution in [1.29, 1.82) is 0 Å². The third kappa shape index (κ3) is 6.39. The Kier molecular flexibility index (Phi) is 10.4. The van der Waals surface area contributed by atoms with Gasteiger partial charge in [0.05, 0.1) is 5.41 Å². The number of hydrogen-bond acceptors (Lipinski definition) is 2. The molecule has 1 aliphatic carbocycles. The average Bonchev–Trinajstić information content (AvgIpc) is 2.99. The van der Waals surface area contributed by atoms with Gasteiger partial charge < -0.3 is 10.6 Å². The Morgan fingerprint density at radius 3 is 1.53 bits per heavy atom. The summed E-state index contributed by atoms with van der Waals surface area (Å²) < 4.78 is 0. The quantitative estimate of drug-likeness (QED) is 0.232. The van der Waals surface area contributed by atoms with Crippen LogP contribution in [0.15, 0.2) is 115 Å². The van der Waals surface area contributed by atoms with E-state index in [9.17, 15) is 9.59 Å². The van der Waals surface area contributed by atoms with Crippen LogP contribution in [0.1, 0.15) is 71.1 Å². The zero-order valence-electron chi connectivity index (χ0n) is 26.6. The first-order chi connectivity index (χ1) is 20.6. The van der Waals surface area contributed by atoms with Gasteiger partial charge in [-0.3, -0.25) is 9.59 Å². The van der Waals surface area contributed by atoms with Crippen LogP contribution in [0.5, 0.6) is 0 Å². The average molecular weight is 577 g/mol. The molecular formula is C39H48N2O2. The highest BCUT2D eigenvalue weighted by Crippen LogP contribution is 2.44. The minimum atomic E-state index is -0.843. The Morgan fingerprint density at radius 1 is 0.651 bits per heavy atom. The van der Waals surface area contributed by atoms with E-state index in [1.807, 2.05) is 92.7 Å². The lowest BCUT2D eigenvalue weighted by molar-refractivity contribution is -0.131. The van der Waals surface area contributed by atoms with E-state index in [4.69, 9.17) is 0 Å². The fourth-order valence-corrected chi connectivity index (χ4v) is 7.26. The number of carbonyl (C=O) groups is 2. The van der Waals surface area contributed by atoms with Crippen molar-refractivity contribution in [3.05, 3.63) is 132 Å². The number of amides is 2. The number of rotatable bonds is 12. The normalized spacial score (nSPS) is 17.7. The van der Waals surface area contributed by atoms with Crippen molar-refractivity contribution < 1.29 is 9.59 Å². The summed E-state index contributed by atoms with van der Waals surface area (Å²) in [5, 5.41) is 6.73. The van der Waals surface area contributed by atoms with Gasteiger partial charge in [0.25, 0.3) is 0 Å². The number of carbonyl (C=O) groups excluding carboxylic acids is 2. The smallest absolute Gasteiger partial charge is 0.235 e. The molecule has 0 bridgehead atoms.